The van der Waals surface area contributed by atoms with Crippen LogP contribution in [-0.2, 0) is 4.57 Å². The molecule has 114 valence electrons. The van der Waals surface area contributed by atoms with Gasteiger partial charge in [0.05, 0.1) is 5.56 Å². The van der Waals surface area contributed by atoms with E-state index in [2.05, 4.69) is 0 Å². The van der Waals surface area contributed by atoms with E-state index < -0.39 is 7.80 Å². The number of rotatable bonds is 3. The minimum Gasteiger partial charge on any atom is -0.288 e. The van der Waals surface area contributed by atoms with Gasteiger partial charge in [-0.15, -0.1) is 0 Å². The Morgan fingerprint density at radius 1 is 0.909 bits per heavy atom. The van der Waals surface area contributed by atoms with Crippen molar-refractivity contribution in [2.45, 2.75) is 39.8 Å². The first-order valence-corrected chi connectivity index (χ1v) is 8.66. The molecule has 0 heterocycles. The Hall–Kier alpha value is -1.79. The zero-order valence-corrected chi connectivity index (χ0v) is 14.7. The van der Waals surface area contributed by atoms with Gasteiger partial charge >= 0.3 is 7.80 Å². The van der Waals surface area contributed by atoms with Gasteiger partial charge in [-0.1, -0.05) is 34.9 Å². The largest absolute Gasteiger partial charge is 0.383 e. The second-order valence-electron chi connectivity index (χ2n) is 6.58. The molecule has 0 N–H and O–H groups in total. The Bertz CT molecular complexity index is 719. The topological polar surface area (TPSA) is 34.1 Å². The maximum Gasteiger partial charge on any atom is 0.383 e. The number of carbonyl (C=O) groups excluding carboxylic acids is 1. The highest BCUT2D eigenvalue weighted by Crippen LogP contribution is 2.38. The molecule has 1 unspecified atom stereocenters. The van der Waals surface area contributed by atoms with Crippen molar-refractivity contribution in [1.82, 2.24) is 0 Å². The lowest BCUT2D eigenvalue weighted by atomic mass is 9.95. The molecule has 2 nitrogen and oxygen atoms in total. The second kappa shape index (κ2) is 6.14. The van der Waals surface area contributed by atoms with E-state index in [4.69, 9.17) is 0 Å². The average Bonchev–Trinajstić information content (AvgIpc) is 2.45. The SMILES string of the molecule is Cc1cccc(C)c1C(=O)c1ccccc1[P+](=O)C(C)(C)C. The van der Waals surface area contributed by atoms with Crippen molar-refractivity contribution < 1.29 is 9.36 Å². The van der Waals surface area contributed by atoms with Gasteiger partial charge in [0.2, 0.25) is 5.30 Å². The van der Waals surface area contributed by atoms with Gasteiger partial charge in [0, 0.05) is 5.56 Å². The van der Waals surface area contributed by atoms with Gasteiger partial charge in [-0.2, -0.15) is 0 Å². The third kappa shape index (κ3) is 3.18. The van der Waals surface area contributed by atoms with Crippen molar-refractivity contribution in [1.29, 1.82) is 0 Å². The van der Waals surface area contributed by atoms with E-state index in [1.54, 1.807) is 6.07 Å². The molecular formula is C19H22O2P+. The van der Waals surface area contributed by atoms with Gasteiger partial charge in [-0.05, 0) is 57.9 Å². The molecule has 2 aromatic carbocycles. The fraction of sp³-hybridized carbons (Fsp3) is 0.316. The predicted octanol–water partition coefficient (Wildman–Crippen LogP) is 4.79. The first kappa shape index (κ1) is 16.6. The summed E-state index contributed by atoms with van der Waals surface area (Å²) in [6.07, 6.45) is 0. The number of carbonyl (C=O) groups is 1. The van der Waals surface area contributed by atoms with Crippen LogP contribution < -0.4 is 5.30 Å². The number of hydrogen-bond acceptors (Lipinski definition) is 2. The molecule has 22 heavy (non-hydrogen) atoms. The van der Waals surface area contributed by atoms with Crippen LogP contribution in [0.5, 0.6) is 0 Å². The van der Waals surface area contributed by atoms with E-state index in [0.717, 1.165) is 11.1 Å². The number of benzene rings is 2. The molecule has 1 atom stereocenters. The summed E-state index contributed by atoms with van der Waals surface area (Å²) in [5.74, 6) is -0.0428. The quantitative estimate of drug-likeness (QED) is 0.603. The van der Waals surface area contributed by atoms with E-state index in [-0.39, 0.29) is 10.9 Å². The lowest BCUT2D eigenvalue weighted by Gasteiger charge is -2.11. The molecule has 0 aliphatic rings. The molecule has 0 aliphatic heterocycles. The molecule has 3 heteroatoms. The van der Waals surface area contributed by atoms with Crippen molar-refractivity contribution in [3.63, 3.8) is 0 Å². The zero-order valence-electron chi connectivity index (χ0n) is 13.8. The molecule has 0 amide bonds. The molecule has 0 bridgehead atoms. The molecule has 0 aromatic heterocycles. The lowest BCUT2D eigenvalue weighted by Crippen LogP contribution is -2.21. The van der Waals surface area contributed by atoms with Crippen LogP contribution in [0.15, 0.2) is 42.5 Å². The molecule has 0 radical (unpaired) electrons. The third-order valence-electron chi connectivity index (χ3n) is 3.68. The van der Waals surface area contributed by atoms with E-state index >= 15 is 0 Å². The van der Waals surface area contributed by atoms with E-state index in [0.29, 0.717) is 16.4 Å². The summed E-state index contributed by atoms with van der Waals surface area (Å²) in [6, 6.07) is 13.1. The fourth-order valence-corrected chi connectivity index (χ4v) is 3.85. The molecular weight excluding hydrogens is 291 g/mol. The highest BCUT2D eigenvalue weighted by molar-refractivity contribution is 7.55. The summed E-state index contributed by atoms with van der Waals surface area (Å²) in [6.45, 7) is 9.68. The Balaban J connectivity index is 2.59. The minimum atomic E-state index is -1.65. The van der Waals surface area contributed by atoms with E-state index in [1.165, 1.54) is 0 Å². The Morgan fingerprint density at radius 2 is 1.45 bits per heavy atom. The third-order valence-corrected chi connectivity index (χ3v) is 5.73. The van der Waals surface area contributed by atoms with Crippen molar-refractivity contribution in [3.8, 4) is 0 Å². The molecule has 0 aliphatic carbocycles. The Morgan fingerprint density at radius 3 is 2.00 bits per heavy atom. The van der Waals surface area contributed by atoms with E-state index in [1.807, 2.05) is 71.0 Å². The normalized spacial score (nSPS) is 12.1. The number of hydrogen-bond donors (Lipinski definition) is 0. The van der Waals surface area contributed by atoms with Gasteiger partial charge in [0.1, 0.15) is 0 Å². The van der Waals surface area contributed by atoms with Crippen LogP contribution in [0.4, 0.5) is 0 Å². The monoisotopic (exact) mass is 313 g/mol. The van der Waals surface area contributed by atoms with Crippen molar-refractivity contribution in [2.75, 3.05) is 0 Å². The van der Waals surface area contributed by atoms with Crippen LogP contribution >= 0.6 is 7.80 Å². The second-order valence-corrected chi connectivity index (χ2v) is 8.99. The van der Waals surface area contributed by atoms with Crippen molar-refractivity contribution >= 4 is 18.9 Å². The van der Waals surface area contributed by atoms with Crippen molar-refractivity contribution in [3.05, 3.63) is 64.7 Å². The molecule has 2 rings (SSSR count). The summed E-state index contributed by atoms with van der Waals surface area (Å²) in [5.41, 5.74) is 3.17. The maximum absolute atomic E-state index is 13.0. The highest BCUT2D eigenvalue weighted by atomic mass is 31.1. The summed E-state index contributed by atoms with van der Waals surface area (Å²) < 4.78 is 12.8. The van der Waals surface area contributed by atoms with Gasteiger partial charge in [-0.3, -0.25) is 4.79 Å². The van der Waals surface area contributed by atoms with Crippen molar-refractivity contribution in [2.24, 2.45) is 0 Å². The molecule has 0 fully saturated rings. The van der Waals surface area contributed by atoms with Crippen LogP contribution in [0.25, 0.3) is 0 Å². The van der Waals surface area contributed by atoms with Crippen LogP contribution in [0, 0.1) is 13.8 Å². The first-order chi connectivity index (χ1) is 10.2. The van der Waals surface area contributed by atoms with Crippen LogP contribution in [0.2, 0.25) is 0 Å². The van der Waals surface area contributed by atoms with Crippen LogP contribution in [0.1, 0.15) is 47.8 Å². The summed E-state index contributed by atoms with van der Waals surface area (Å²) >= 11 is 0. The Labute approximate surface area is 133 Å². The smallest absolute Gasteiger partial charge is 0.288 e. The number of aryl methyl sites for hydroxylation is 2. The number of ketones is 1. The van der Waals surface area contributed by atoms with Gasteiger partial charge in [0.25, 0.3) is 0 Å². The zero-order chi connectivity index (χ0) is 16.5. The maximum atomic E-state index is 13.0. The van der Waals surface area contributed by atoms with Crippen LogP contribution in [-0.4, -0.2) is 10.9 Å². The fourth-order valence-electron chi connectivity index (χ4n) is 2.51. The lowest BCUT2D eigenvalue weighted by molar-refractivity contribution is 0.103. The molecule has 2 aromatic rings. The summed E-state index contributed by atoms with van der Waals surface area (Å²) in [7, 11) is -1.65. The molecule has 0 saturated heterocycles. The molecule has 0 saturated carbocycles. The molecule has 0 spiro atoms. The first-order valence-electron chi connectivity index (χ1n) is 7.41. The summed E-state index contributed by atoms with van der Waals surface area (Å²) in [4.78, 5) is 13.0. The van der Waals surface area contributed by atoms with Gasteiger partial charge < -0.3 is 0 Å². The highest BCUT2D eigenvalue weighted by Gasteiger charge is 2.39. The minimum absolute atomic E-state index is 0.0428. The van der Waals surface area contributed by atoms with Gasteiger partial charge in [0.15, 0.2) is 10.9 Å². The van der Waals surface area contributed by atoms with E-state index in [9.17, 15) is 9.36 Å². The van der Waals surface area contributed by atoms with Crippen LogP contribution in [0.3, 0.4) is 0 Å². The average molecular weight is 313 g/mol. The standard InChI is InChI=1S/C19H22O2P/c1-13-9-8-10-14(2)17(13)18(20)15-11-6-7-12-16(15)22(21)19(3,4)5/h6-12H,1-5H3/q+1. The summed E-state index contributed by atoms with van der Waals surface area (Å²) in [5, 5.41) is 0.282. The predicted molar refractivity (Wildman–Crippen MR) is 92.8 cm³/mol. The van der Waals surface area contributed by atoms with Gasteiger partial charge in [-0.25, -0.2) is 0 Å². The Kier molecular flexibility index (Phi) is 4.63.